The summed E-state index contributed by atoms with van der Waals surface area (Å²) in [5, 5.41) is 2.80. The van der Waals surface area contributed by atoms with E-state index in [2.05, 4.69) is 5.32 Å². The summed E-state index contributed by atoms with van der Waals surface area (Å²) >= 11 is 0. The van der Waals surface area contributed by atoms with E-state index < -0.39 is 0 Å². The number of carbonyl (C=O) groups excluding carboxylic acids is 1. The molecule has 0 heterocycles. The minimum Gasteiger partial charge on any atom is -0.457 e. The molecular formula is C16H17NO2. The highest BCUT2D eigenvalue weighted by Crippen LogP contribution is 2.23. The van der Waals surface area contributed by atoms with Crippen LogP contribution in [0.4, 0.5) is 5.69 Å². The second-order valence-corrected chi connectivity index (χ2v) is 4.34. The minimum absolute atomic E-state index is 0.00681. The minimum atomic E-state index is 0.00681. The Morgan fingerprint density at radius 3 is 2.47 bits per heavy atom. The zero-order valence-corrected chi connectivity index (χ0v) is 11.1. The molecule has 0 aliphatic carbocycles. The van der Waals surface area contributed by atoms with Crippen molar-refractivity contribution < 1.29 is 9.53 Å². The Kier molecular flexibility index (Phi) is 4.18. The Bertz CT molecular complexity index is 561. The molecule has 0 fully saturated rings. The molecule has 0 aromatic heterocycles. The molecule has 98 valence electrons. The number of ether oxygens (including phenoxy) is 1. The number of rotatable bonds is 4. The molecule has 0 radical (unpaired) electrons. The van der Waals surface area contributed by atoms with Crippen LogP contribution >= 0.6 is 0 Å². The first-order chi connectivity index (χ1) is 9.17. The first-order valence-corrected chi connectivity index (χ1v) is 6.32. The number of hydrogen-bond acceptors (Lipinski definition) is 2. The van der Waals surface area contributed by atoms with Crippen LogP contribution in [0.25, 0.3) is 0 Å². The van der Waals surface area contributed by atoms with Crippen molar-refractivity contribution in [1.82, 2.24) is 0 Å². The molecule has 0 aliphatic heterocycles. The molecule has 0 unspecified atom stereocenters. The molecule has 3 heteroatoms. The molecular weight excluding hydrogens is 238 g/mol. The number of hydrogen-bond donors (Lipinski definition) is 1. The fourth-order valence-corrected chi connectivity index (χ4v) is 1.67. The summed E-state index contributed by atoms with van der Waals surface area (Å²) in [7, 11) is 0. The van der Waals surface area contributed by atoms with E-state index in [1.165, 1.54) is 0 Å². The van der Waals surface area contributed by atoms with Crippen LogP contribution in [0, 0.1) is 6.92 Å². The van der Waals surface area contributed by atoms with Gasteiger partial charge in [-0.25, -0.2) is 0 Å². The van der Waals surface area contributed by atoms with Gasteiger partial charge in [-0.05, 0) is 48.9 Å². The maximum absolute atomic E-state index is 11.3. The second kappa shape index (κ2) is 6.05. The lowest BCUT2D eigenvalue weighted by Gasteiger charge is -2.08. The fraction of sp³-hybridized carbons (Fsp3) is 0.188. The molecule has 0 saturated carbocycles. The lowest BCUT2D eigenvalue weighted by Crippen LogP contribution is -2.08. The topological polar surface area (TPSA) is 38.3 Å². The van der Waals surface area contributed by atoms with Gasteiger partial charge in [-0.15, -0.1) is 0 Å². The van der Waals surface area contributed by atoms with Gasteiger partial charge in [0.15, 0.2) is 0 Å². The third-order valence-corrected chi connectivity index (χ3v) is 2.68. The third-order valence-electron chi connectivity index (χ3n) is 2.68. The molecule has 2 aromatic carbocycles. The average Bonchev–Trinajstić information content (AvgIpc) is 2.41. The van der Waals surface area contributed by atoms with E-state index in [0.717, 1.165) is 22.7 Å². The highest BCUT2D eigenvalue weighted by molar-refractivity contribution is 5.90. The van der Waals surface area contributed by atoms with Gasteiger partial charge < -0.3 is 10.1 Å². The van der Waals surface area contributed by atoms with E-state index in [-0.39, 0.29) is 5.91 Å². The SMILES string of the molecule is CCC(=O)Nc1ccc(Oc2cccc(C)c2)cc1. The van der Waals surface area contributed by atoms with Crippen molar-refractivity contribution in [3.8, 4) is 11.5 Å². The van der Waals surface area contributed by atoms with Gasteiger partial charge in [-0.2, -0.15) is 0 Å². The Morgan fingerprint density at radius 2 is 1.84 bits per heavy atom. The average molecular weight is 255 g/mol. The van der Waals surface area contributed by atoms with Crippen molar-refractivity contribution >= 4 is 11.6 Å². The summed E-state index contributed by atoms with van der Waals surface area (Å²) in [5.74, 6) is 1.57. The molecule has 2 aromatic rings. The summed E-state index contributed by atoms with van der Waals surface area (Å²) in [5.41, 5.74) is 1.94. The molecule has 0 saturated heterocycles. The summed E-state index contributed by atoms with van der Waals surface area (Å²) in [6, 6.07) is 15.2. The van der Waals surface area contributed by atoms with Gasteiger partial charge >= 0.3 is 0 Å². The van der Waals surface area contributed by atoms with E-state index in [1.807, 2.05) is 62.4 Å². The van der Waals surface area contributed by atoms with Gasteiger partial charge in [-0.1, -0.05) is 19.1 Å². The standard InChI is InChI=1S/C16H17NO2/c1-3-16(18)17-13-7-9-14(10-8-13)19-15-6-4-5-12(2)11-15/h4-11H,3H2,1-2H3,(H,17,18). The van der Waals surface area contributed by atoms with Crippen molar-refractivity contribution in [1.29, 1.82) is 0 Å². The van der Waals surface area contributed by atoms with Gasteiger partial charge in [0, 0.05) is 12.1 Å². The van der Waals surface area contributed by atoms with E-state index in [9.17, 15) is 4.79 Å². The zero-order chi connectivity index (χ0) is 13.7. The lowest BCUT2D eigenvalue weighted by atomic mass is 10.2. The van der Waals surface area contributed by atoms with E-state index in [0.29, 0.717) is 6.42 Å². The first-order valence-electron chi connectivity index (χ1n) is 6.32. The van der Waals surface area contributed by atoms with Crippen LogP contribution in [0.2, 0.25) is 0 Å². The Labute approximate surface area is 113 Å². The normalized spacial score (nSPS) is 10.0. The van der Waals surface area contributed by atoms with E-state index in [4.69, 9.17) is 4.74 Å². The second-order valence-electron chi connectivity index (χ2n) is 4.34. The molecule has 3 nitrogen and oxygen atoms in total. The highest BCUT2D eigenvalue weighted by Gasteiger charge is 2.00. The molecule has 0 spiro atoms. The number of anilines is 1. The first kappa shape index (κ1) is 13.1. The molecule has 1 N–H and O–H groups in total. The van der Waals surface area contributed by atoms with Crippen LogP contribution in [-0.2, 0) is 4.79 Å². The predicted molar refractivity (Wildman–Crippen MR) is 76.6 cm³/mol. The number of benzene rings is 2. The molecule has 2 rings (SSSR count). The third kappa shape index (κ3) is 3.85. The van der Waals surface area contributed by atoms with Crippen LogP contribution < -0.4 is 10.1 Å². The summed E-state index contributed by atoms with van der Waals surface area (Å²) in [4.78, 5) is 11.3. The van der Waals surface area contributed by atoms with Gasteiger partial charge in [0.2, 0.25) is 5.91 Å². The van der Waals surface area contributed by atoms with Crippen LogP contribution in [0.15, 0.2) is 48.5 Å². The zero-order valence-electron chi connectivity index (χ0n) is 11.1. The van der Waals surface area contributed by atoms with Crippen molar-refractivity contribution in [2.24, 2.45) is 0 Å². The number of amides is 1. The van der Waals surface area contributed by atoms with Crippen LogP contribution in [-0.4, -0.2) is 5.91 Å². The van der Waals surface area contributed by atoms with Crippen molar-refractivity contribution in [3.05, 3.63) is 54.1 Å². The molecule has 0 bridgehead atoms. The molecule has 0 aliphatic rings. The largest absolute Gasteiger partial charge is 0.457 e. The van der Waals surface area contributed by atoms with Gasteiger partial charge in [0.1, 0.15) is 11.5 Å². The Balaban J connectivity index is 2.04. The number of carbonyl (C=O) groups is 1. The van der Waals surface area contributed by atoms with Crippen molar-refractivity contribution in [2.75, 3.05) is 5.32 Å². The molecule has 19 heavy (non-hydrogen) atoms. The maximum atomic E-state index is 11.3. The van der Waals surface area contributed by atoms with E-state index >= 15 is 0 Å². The predicted octanol–water partition coefficient (Wildman–Crippen LogP) is 4.14. The molecule has 0 atom stereocenters. The van der Waals surface area contributed by atoms with Crippen LogP contribution in [0.5, 0.6) is 11.5 Å². The smallest absolute Gasteiger partial charge is 0.224 e. The van der Waals surface area contributed by atoms with Gasteiger partial charge in [-0.3, -0.25) is 4.79 Å². The summed E-state index contributed by atoms with van der Waals surface area (Å²) < 4.78 is 5.73. The van der Waals surface area contributed by atoms with Crippen LogP contribution in [0.3, 0.4) is 0 Å². The van der Waals surface area contributed by atoms with E-state index in [1.54, 1.807) is 0 Å². The fourth-order valence-electron chi connectivity index (χ4n) is 1.67. The van der Waals surface area contributed by atoms with Crippen molar-refractivity contribution in [3.63, 3.8) is 0 Å². The van der Waals surface area contributed by atoms with Crippen molar-refractivity contribution in [2.45, 2.75) is 20.3 Å². The molecule has 1 amide bonds. The number of nitrogens with one attached hydrogen (secondary N) is 1. The number of aryl methyl sites for hydroxylation is 1. The van der Waals surface area contributed by atoms with Gasteiger partial charge in [0.25, 0.3) is 0 Å². The van der Waals surface area contributed by atoms with Crippen LogP contribution in [0.1, 0.15) is 18.9 Å². The Hall–Kier alpha value is -2.29. The summed E-state index contributed by atoms with van der Waals surface area (Å²) in [6.45, 7) is 3.85. The Morgan fingerprint density at radius 1 is 1.11 bits per heavy atom. The van der Waals surface area contributed by atoms with Gasteiger partial charge in [0.05, 0.1) is 0 Å². The summed E-state index contributed by atoms with van der Waals surface area (Å²) in [6.07, 6.45) is 0.474. The maximum Gasteiger partial charge on any atom is 0.224 e. The quantitative estimate of drug-likeness (QED) is 0.891. The lowest BCUT2D eigenvalue weighted by molar-refractivity contribution is -0.115. The highest BCUT2D eigenvalue weighted by atomic mass is 16.5. The monoisotopic (exact) mass is 255 g/mol.